The maximum absolute atomic E-state index is 12.5. The van der Waals surface area contributed by atoms with E-state index in [9.17, 15) is 8.42 Å². The summed E-state index contributed by atoms with van der Waals surface area (Å²) in [6.45, 7) is 10.7. The van der Waals surface area contributed by atoms with Crippen molar-refractivity contribution in [2.45, 2.75) is 46.1 Å². The molecule has 1 aromatic carbocycles. The number of hydrogen-bond donors (Lipinski definition) is 2. The molecule has 2 rings (SSSR count). The zero-order valence-corrected chi connectivity index (χ0v) is 14.2. The second kappa shape index (κ2) is 5.07. The molecule has 1 fully saturated rings. The Morgan fingerprint density at radius 1 is 1.19 bits per heavy atom. The molecule has 118 valence electrons. The van der Waals surface area contributed by atoms with Crippen molar-refractivity contribution in [2.75, 3.05) is 6.54 Å². The zero-order chi connectivity index (χ0) is 16.1. The van der Waals surface area contributed by atoms with Crippen molar-refractivity contribution in [1.29, 1.82) is 0 Å². The van der Waals surface area contributed by atoms with Gasteiger partial charge in [0.1, 0.15) is 0 Å². The molecule has 0 unspecified atom stereocenters. The van der Waals surface area contributed by atoms with Crippen LogP contribution in [0, 0.1) is 23.7 Å². The van der Waals surface area contributed by atoms with Crippen LogP contribution in [0.5, 0.6) is 0 Å². The van der Waals surface area contributed by atoms with Crippen molar-refractivity contribution in [3.63, 3.8) is 0 Å². The summed E-state index contributed by atoms with van der Waals surface area (Å²) in [4.78, 5) is 0.255. The van der Waals surface area contributed by atoms with Gasteiger partial charge in [0.05, 0.1) is 11.5 Å². The first kappa shape index (κ1) is 16.5. The largest absolute Gasteiger partial charge is 0.392 e. The van der Waals surface area contributed by atoms with E-state index in [0.717, 1.165) is 0 Å². The average Bonchev–Trinajstić information content (AvgIpc) is 2.77. The Morgan fingerprint density at radius 2 is 1.76 bits per heavy atom. The number of benzene rings is 1. The molecule has 0 aromatic heterocycles. The smallest absolute Gasteiger partial charge is 0.240 e. The summed E-state index contributed by atoms with van der Waals surface area (Å²) in [5, 5.41) is 9.17. The fourth-order valence-electron chi connectivity index (χ4n) is 3.15. The Morgan fingerprint density at radius 3 is 2.24 bits per heavy atom. The van der Waals surface area contributed by atoms with Gasteiger partial charge < -0.3 is 5.11 Å². The Balaban J connectivity index is 2.17. The SMILES string of the molecule is Cc1ccc(CO)cc1S(=O)(=O)NCC1C(C)(C)C1(C)C. The van der Waals surface area contributed by atoms with Crippen LogP contribution >= 0.6 is 0 Å². The minimum Gasteiger partial charge on any atom is -0.392 e. The second-order valence-electron chi connectivity index (χ2n) is 7.11. The molecule has 0 spiro atoms. The Bertz CT molecular complexity index is 633. The predicted molar refractivity (Wildman–Crippen MR) is 83.3 cm³/mol. The molecule has 5 heteroatoms. The van der Waals surface area contributed by atoms with Crippen molar-refractivity contribution in [1.82, 2.24) is 4.72 Å². The van der Waals surface area contributed by atoms with E-state index in [-0.39, 0.29) is 22.3 Å². The van der Waals surface area contributed by atoms with Crippen molar-refractivity contribution in [2.24, 2.45) is 16.7 Å². The molecule has 1 aromatic rings. The molecule has 0 amide bonds. The number of aliphatic hydroxyl groups excluding tert-OH is 1. The van der Waals surface area contributed by atoms with Gasteiger partial charge in [-0.05, 0) is 40.9 Å². The maximum Gasteiger partial charge on any atom is 0.240 e. The van der Waals surface area contributed by atoms with E-state index in [0.29, 0.717) is 23.6 Å². The second-order valence-corrected chi connectivity index (χ2v) is 8.84. The Labute approximate surface area is 127 Å². The number of rotatable bonds is 5. The highest BCUT2D eigenvalue weighted by Crippen LogP contribution is 2.67. The Kier molecular flexibility index (Phi) is 3.98. The van der Waals surface area contributed by atoms with E-state index in [1.807, 2.05) is 0 Å². The van der Waals surface area contributed by atoms with Gasteiger partial charge in [0.25, 0.3) is 0 Å². The molecule has 1 aliphatic carbocycles. The zero-order valence-electron chi connectivity index (χ0n) is 13.4. The minimum absolute atomic E-state index is 0.150. The highest BCUT2D eigenvalue weighted by molar-refractivity contribution is 7.89. The highest BCUT2D eigenvalue weighted by atomic mass is 32.2. The topological polar surface area (TPSA) is 66.4 Å². The van der Waals surface area contributed by atoms with Crippen LogP contribution in [0.1, 0.15) is 38.8 Å². The summed E-state index contributed by atoms with van der Waals surface area (Å²) in [7, 11) is -3.54. The minimum atomic E-state index is -3.54. The molecular weight excluding hydrogens is 286 g/mol. The Hall–Kier alpha value is -0.910. The van der Waals surface area contributed by atoms with Gasteiger partial charge in [0.15, 0.2) is 0 Å². The first-order valence-electron chi connectivity index (χ1n) is 7.24. The van der Waals surface area contributed by atoms with E-state index in [1.165, 1.54) is 0 Å². The fourth-order valence-corrected chi connectivity index (χ4v) is 4.49. The van der Waals surface area contributed by atoms with Gasteiger partial charge >= 0.3 is 0 Å². The van der Waals surface area contributed by atoms with Crippen molar-refractivity contribution in [3.05, 3.63) is 29.3 Å². The van der Waals surface area contributed by atoms with Gasteiger partial charge in [0, 0.05) is 6.54 Å². The van der Waals surface area contributed by atoms with Crippen LogP contribution < -0.4 is 4.72 Å². The van der Waals surface area contributed by atoms with Gasteiger partial charge in [-0.25, -0.2) is 13.1 Å². The fraction of sp³-hybridized carbons (Fsp3) is 0.625. The lowest BCUT2D eigenvalue weighted by atomic mass is 10.0. The molecule has 1 aliphatic rings. The van der Waals surface area contributed by atoms with Crippen molar-refractivity contribution in [3.8, 4) is 0 Å². The monoisotopic (exact) mass is 311 g/mol. The summed E-state index contributed by atoms with van der Waals surface area (Å²) < 4.78 is 27.7. The van der Waals surface area contributed by atoms with Gasteiger partial charge in [-0.3, -0.25) is 0 Å². The molecule has 0 atom stereocenters. The molecule has 0 saturated heterocycles. The quantitative estimate of drug-likeness (QED) is 0.878. The molecular formula is C16H25NO3S. The van der Waals surface area contributed by atoms with Crippen LogP contribution in [0.15, 0.2) is 23.1 Å². The van der Waals surface area contributed by atoms with Crippen LogP contribution in [0.4, 0.5) is 0 Å². The van der Waals surface area contributed by atoms with Crippen molar-refractivity contribution < 1.29 is 13.5 Å². The molecule has 1 saturated carbocycles. The van der Waals surface area contributed by atoms with E-state index in [4.69, 9.17) is 5.11 Å². The molecule has 0 heterocycles. The first-order chi connectivity index (χ1) is 9.54. The lowest BCUT2D eigenvalue weighted by molar-refractivity contribution is 0.281. The molecule has 0 radical (unpaired) electrons. The van der Waals surface area contributed by atoms with Gasteiger partial charge in [-0.1, -0.05) is 39.8 Å². The predicted octanol–water partition coefficient (Wildman–Crippen LogP) is 2.45. The molecule has 21 heavy (non-hydrogen) atoms. The van der Waals surface area contributed by atoms with E-state index < -0.39 is 10.0 Å². The van der Waals surface area contributed by atoms with Crippen LogP contribution in [-0.2, 0) is 16.6 Å². The summed E-state index contributed by atoms with van der Waals surface area (Å²) in [6.07, 6.45) is 0. The molecule has 4 nitrogen and oxygen atoms in total. The number of nitrogens with one attached hydrogen (secondary N) is 1. The maximum atomic E-state index is 12.5. The van der Waals surface area contributed by atoms with Crippen LogP contribution in [0.2, 0.25) is 0 Å². The van der Waals surface area contributed by atoms with Crippen molar-refractivity contribution >= 4 is 10.0 Å². The van der Waals surface area contributed by atoms with Crippen LogP contribution in [0.3, 0.4) is 0 Å². The summed E-state index contributed by atoms with van der Waals surface area (Å²) in [5.41, 5.74) is 1.59. The standard InChI is InChI=1S/C16H25NO3S/c1-11-6-7-12(10-18)8-13(11)21(19,20)17-9-14-15(2,3)16(14,4)5/h6-8,14,17-18H,9-10H2,1-5H3. The first-order valence-corrected chi connectivity index (χ1v) is 8.72. The van der Waals surface area contributed by atoms with Crippen LogP contribution in [-0.4, -0.2) is 20.1 Å². The van der Waals surface area contributed by atoms with Gasteiger partial charge in [0.2, 0.25) is 10.0 Å². The third kappa shape index (κ3) is 2.74. The van der Waals surface area contributed by atoms with Gasteiger partial charge in [-0.15, -0.1) is 0 Å². The highest BCUT2D eigenvalue weighted by Gasteiger charge is 2.64. The number of aliphatic hydroxyl groups is 1. The van der Waals surface area contributed by atoms with E-state index in [2.05, 4.69) is 32.4 Å². The summed E-state index contributed by atoms with van der Waals surface area (Å²) in [6, 6.07) is 5.01. The average molecular weight is 311 g/mol. The molecule has 0 bridgehead atoms. The lowest BCUT2D eigenvalue weighted by Crippen LogP contribution is -2.28. The van der Waals surface area contributed by atoms with Crippen LogP contribution in [0.25, 0.3) is 0 Å². The third-order valence-electron chi connectivity index (χ3n) is 5.52. The molecule has 2 N–H and O–H groups in total. The summed E-state index contributed by atoms with van der Waals surface area (Å²) >= 11 is 0. The summed E-state index contributed by atoms with van der Waals surface area (Å²) in [5.74, 6) is 0.334. The third-order valence-corrected chi connectivity index (χ3v) is 7.09. The number of aryl methyl sites for hydroxylation is 1. The number of hydrogen-bond acceptors (Lipinski definition) is 3. The molecule has 0 aliphatic heterocycles. The van der Waals surface area contributed by atoms with Gasteiger partial charge in [-0.2, -0.15) is 0 Å². The lowest BCUT2D eigenvalue weighted by Gasteiger charge is -2.11. The van der Waals surface area contributed by atoms with E-state index in [1.54, 1.807) is 25.1 Å². The van der Waals surface area contributed by atoms with E-state index >= 15 is 0 Å². The normalized spacial score (nSPS) is 20.5. The number of sulfonamides is 1.